The van der Waals surface area contributed by atoms with Gasteiger partial charge < -0.3 is 24.1 Å². The van der Waals surface area contributed by atoms with E-state index < -0.39 is 0 Å². The van der Waals surface area contributed by atoms with Gasteiger partial charge in [0.2, 0.25) is 0 Å². The number of carbonyl (C=O) groups excluding carboxylic acids is 1. The number of aromatic nitrogens is 2. The van der Waals surface area contributed by atoms with Crippen LogP contribution in [-0.2, 0) is 0 Å². The second-order valence-electron chi connectivity index (χ2n) is 7.20. The number of nitrogens with zero attached hydrogens (tertiary/aromatic N) is 2. The number of amides is 1. The molecular formula is C25H19N3O5. The highest BCUT2D eigenvalue weighted by molar-refractivity contribution is 6.06. The van der Waals surface area contributed by atoms with Crippen molar-refractivity contribution in [3.8, 4) is 23.0 Å². The molecule has 5 rings (SSSR count). The monoisotopic (exact) mass is 441 g/mol. The van der Waals surface area contributed by atoms with Crippen molar-refractivity contribution in [3.05, 3.63) is 78.7 Å². The number of nitrogens with one attached hydrogen (secondary N) is 1. The molecule has 0 saturated heterocycles. The van der Waals surface area contributed by atoms with Gasteiger partial charge in [-0.2, -0.15) is 0 Å². The van der Waals surface area contributed by atoms with Crippen LogP contribution in [0.1, 0.15) is 10.4 Å². The summed E-state index contributed by atoms with van der Waals surface area (Å²) >= 11 is 0. The number of hydrogen-bond acceptors (Lipinski definition) is 7. The zero-order valence-electron chi connectivity index (χ0n) is 17.9. The summed E-state index contributed by atoms with van der Waals surface area (Å²) in [5.41, 5.74) is 1.21. The molecule has 8 heteroatoms. The molecule has 5 aromatic rings. The summed E-state index contributed by atoms with van der Waals surface area (Å²) < 4.78 is 21.7. The van der Waals surface area contributed by atoms with E-state index in [1.54, 1.807) is 50.7 Å². The lowest BCUT2D eigenvalue weighted by atomic mass is 10.1. The Bertz CT molecular complexity index is 1460. The highest BCUT2D eigenvalue weighted by atomic mass is 16.5. The smallest absolute Gasteiger partial charge is 0.256 e. The molecule has 0 saturated carbocycles. The first-order valence-electron chi connectivity index (χ1n) is 10.1. The van der Waals surface area contributed by atoms with Crippen molar-refractivity contribution in [3.63, 3.8) is 0 Å². The summed E-state index contributed by atoms with van der Waals surface area (Å²) in [7, 11) is 3.17. The van der Waals surface area contributed by atoms with Crippen molar-refractivity contribution in [2.45, 2.75) is 0 Å². The van der Waals surface area contributed by atoms with Gasteiger partial charge in [-0.3, -0.25) is 9.78 Å². The molecule has 0 aliphatic carbocycles. The number of rotatable bonds is 6. The van der Waals surface area contributed by atoms with Gasteiger partial charge >= 0.3 is 0 Å². The summed E-state index contributed by atoms with van der Waals surface area (Å²) in [6.45, 7) is 0. The first-order valence-corrected chi connectivity index (χ1v) is 10.1. The molecule has 2 aromatic heterocycles. The summed E-state index contributed by atoms with van der Waals surface area (Å²) in [6, 6.07) is 18.2. The van der Waals surface area contributed by atoms with Crippen molar-refractivity contribution in [1.29, 1.82) is 0 Å². The molecule has 0 aliphatic heterocycles. The van der Waals surface area contributed by atoms with Crippen molar-refractivity contribution in [2.24, 2.45) is 0 Å². The largest absolute Gasteiger partial charge is 0.493 e. The zero-order chi connectivity index (χ0) is 22.8. The Labute approximate surface area is 188 Å². The molecule has 0 atom stereocenters. The van der Waals surface area contributed by atoms with E-state index in [0.29, 0.717) is 34.4 Å². The summed E-state index contributed by atoms with van der Waals surface area (Å²) in [5, 5.41) is 9.02. The van der Waals surface area contributed by atoms with Gasteiger partial charge in [-0.15, -0.1) is 0 Å². The highest BCUT2D eigenvalue weighted by Crippen LogP contribution is 2.37. The van der Waals surface area contributed by atoms with Gasteiger partial charge in [-0.05, 0) is 47.2 Å². The Hall–Kier alpha value is -4.59. The number of ether oxygens (including phenoxy) is 3. The minimum Gasteiger partial charge on any atom is -0.493 e. The van der Waals surface area contributed by atoms with Crippen LogP contribution >= 0.6 is 0 Å². The summed E-state index contributed by atoms with van der Waals surface area (Å²) in [6.07, 6.45) is 3.07. The predicted molar refractivity (Wildman–Crippen MR) is 123 cm³/mol. The second-order valence-corrected chi connectivity index (χ2v) is 7.20. The molecule has 33 heavy (non-hydrogen) atoms. The number of methoxy groups -OCH3 is 2. The van der Waals surface area contributed by atoms with Crippen LogP contribution in [0.5, 0.6) is 23.0 Å². The van der Waals surface area contributed by atoms with Crippen molar-refractivity contribution >= 4 is 33.4 Å². The number of carbonyl (C=O) groups is 1. The molecule has 0 fully saturated rings. The predicted octanol–water partition coefficient (Wildman–Crippen LogP) is 5.44. The molecule has 164 valence electrons. The highest BCUT2D eigenvalue weighted by Gasteiger charge is 2.12. The zero-order valence-corrected chi connectivity index (χ0v) is 17.9. The molecule has 0 bridgehead atoms. The van der Waals surface area contributed by atoms with Gasteiger partial charge in [-0.1, -0.05) is 17.3 Å². The molecule has 8 nitrogen and oxygen atoms in total. The van der Waals surface area contributed by atoms with Crippen molar-refractivity contribution in [1.82, 2.24) is 10.1 Å². The fourth-order valence-corrected chi connectivity index (χ4v) is 3.56. The minimum atomic E-state index is -0.279. The second kappa shape index (κ2) is 8.51. The maximum Gasteiger partial charge on any atom is 0.256 e. The van der Waals surface area contributed by atoms with Gasteiger partial charge in [-0.25, -0.2) is 0 Å². The van der Waals surface area contributed by atoms with Gasteiger partial charge in [0.25, 0.3) is 5.91 Å². The molecule has 0 unspecified atom stereocenters. The van der Waals surface area contributed by atoms with E-state index in [-0.39, 0.29) is 5.91 Å². The van der Waals surface area contributed by atoms with Gasteiger partial charge in [0.1, 0.15) is 17.8 Å². The Balaban J connectivity index is 1.47. The van der Waals surface area contributed by atoms with E-state index in [2.05, 4.69) is 15.5 Å². The Morgan fingerprint density at radius 1 is 0.879 bits per heavy atom. The third-order valence-corrected chi connectivity index (χ3v) is 5.19. The molecule has 2 heterocycles. The maximum absolute atomic E-state index is 12.5. The van der Waals surface area contributed by atoms with Crippen LogP contribution in [0.2, 0.25) is 0 Å². The van der Waals surface area contributed by atoms with Crippen LogP contribution in [0.15, 0.2) is 77.6 Å². The minimum absolute atomic E-state index is 0.279. The van der Waals surface area contributed by atoms with E-state index in [9.17, 15) is 4.79 Å². The molecule has 0 spiro atoms. The first-order chi connectivity index (χ1) is 16.1. The average Bonchev–Trinajstić information content (AvgIpc) is 3.36. The van der Waals surface area contributed by atoms with E-state index in [4.69, 9.17) is 18.7 Å². The number of hydrogen-bond donors (Lipinski definition) is 1. The first kappa shape index (κ1) is 20.3. The van der Waals surface area contributed by atoms with Crippen LogP contribution in [0.3, 0.4) is 0 Å². The fraction of sp³-hybridized carbons (Fsp3) is 0.0800. The Morgan fingerprint density at radius 3 is 2.48 bits per heavy atom. The normalized spacial score (nSPS) is 10.8. The summed E-state index contributed by atoms with van der Waals surface area (Å²) in [5.74, 6) is 2.51. The number of pyridine rings is 1. The average molecular weight is 441 g/mol. The van der Waals surface area contributed by atoms with Crippen LogP contribution in [-0.4, -0.2) is 30.3 Å². The van der Waals surface area contributed by atoms with Gasteiger partial charge in [0, 0.05) is 29.3 Å². The lowest BCUT2D eigenvalue weighted by Gasteiger charge is -2.13. The number of fused-ring (bicyclic) bond motifs is 2. The van der Waals surface area contributed by atoms with Gasteiger partial charge in [0.15, 0.2) is 17.3 Å². The lowest BCUT2D eigenvalue weighted by Crippen LogP contribution is -2.11. The van der Waals surface area contributed by atoms with E-state index in [1.165, 1.54) is 6.26 Å². The van der Waals surface area contributed by atoms with E-state index in [1.807, 2.05) is 30.3 Å². The third-order valence-electron chi connectivity index (χ3n) is 5.19. The van der Waals surface area contributed by atoms with Crippen molar-refractivity contribution in [2.75, 3.05) is 19.5 Å². The summed E-state index contributed by atoms with van der Waals surface area (Å²) in [4.78, 5) is 16.9. The fourth-order valence-electron chi connectivity index (χ4n) is 3.56. The number of benzene rings is 3. The standard InChI is InChI=1S/C25H19N3O5/c1-30-22-13-19-20(14-23(22)31-2)26-9-7-21(19)33-18-6-5-15-3-4-16(11-17(15)12-18)25(29)27-24-8-10-32-28-24/h3-14H,1-2H3,(H,27,28,29). The topological polar surface area (TPSA) is 95.7 Å². The molecule has 3 aromatic carbocycles. The van der Waals surface area contributed by atoms with Crippen LogP contribution in [0, 0.1) is 0 Å². The maximum atomic E-state index is 12.5. The van der Waals surface area contributed by atoms with Crippen LogP contribution in [0.25, 0.3) is 21.7 Å². The SMILES string of the molecule is COc1cc2nccc(Oc3ccc4ccc(C(=O)Nc5ccon5)cc4c3)c2cc1OC. The molecular weight excluding hydrogens is 422 g/mol. The van der Waals surface area contributed by atoms with Crippen LogP contribution in [0.4, 0.5) is 5.82 Å². The third kappa shape index (κ3) is 4.01. The van der Waals surface area contributed by atoms with Gasteiger partial charge in [0.05, 0.1) is 19.7 Å². The molecule has 0 aliphatic rings. The van der Waals surface area contributed by atoms with Crippen molar-refractivity contribution < 1.29 is 23.5 Å². The van der Waals surface area contributed by atoms with E-state index >= 15 is 0 Å². The quantitative estimate of drug-likeness (QED) is 0.375. The Morgan fingerprint density at radius 2 is 1.70 bits per heavy atom. The Kier molecular flexibility index (Phi) is 5.24. The van der Waals surface area contributed by atoms with E-state index in [0.717, 1.165) is 21.7 Å². The van der Waals surface area contributed by atoms with Crippen LogP contribution < -0.4 is 19.5 Å². The lowest BCUT2D eigenvalue weighted by molar-refractivity contribution is 0.102. The molecule has 0 radical (unpaired) electrons. The molecule has 1 amide bonds. The number of anilines is 1. The molecule has 1 N–H and O–H groups in total.